The first-order valence-corrected chi connectivity index (χ1v) is 10.0. The summed E-state index contributed by atoms with van der Waals surface area (Å²) in [4.78, 5) is 50.6. The van der Waals surface area contributed by atoms with Crippen molar-refractivity contribution in [2.24, 2.45) is 34.5 Å². The third kappa shape index (κ3) is 5.45. The highest BCUT2D eigenvalue weighted by Gasteiger charge is 2.54. The molecule has 4 atom stereocenters. The molecule has 10 nitrogen and oxygen atoms in total. The Kier molecular flexibility index (Phi) is 7.98. The number of carbonyl (C=O) groups excluding carboxylic acids is 4. The fourth-order valence-corrected chi connectivity index (χ4v) is 4.31. The molecule has 4 amide bonds. The summed E-state index contributed by atoms with van der Waals surface area (Å²) in [6, 6.07) is -0.145. The van der Waals surface area contributed by atoms with E-state index in [0.717, 1.165) is 12.8 Å². The van der Waals surface area contributed by atoms with Crippen molar-refractivity contribution in [1.29, 1.82) is 0 Å². The van der Waals surface area contributed by atoms with E-state index < -0.39 is 5.92 Å². The molecular formula is C19H31N5O5. The lowest BCUT2D eigenvalue weighted by molar-refractivity contribution is -0.140. The van der Waals surface area contributed by atoms with Crippen molar-refractivity contribution in [3.63, 3.8) is 0 Å². The summed E-state index contributed by atoms with van der Waals surface area (Å²) in [7, 11) is 2.90. The topological polar surface area (TPSA) is 143 Å². The first-order chi connectivity index (χ1) is 13.8. The van der Waals surface area contributed by atoms with Gasteiger partial charge < -0.3 is 15.8 Å². The normalized spacial score (nSPS) is 26.9. The lowest BCUT2D eigenvalue weighted by atomic mass is 9.67. The smallest absolute Gasteiger partial charge is 0.303 e. The van der Waals surface area contributed by atoms with Crippen LogP contribution in [0.3, 0.4) is 0 Å². The van der Waals surface area contributed by atoms with E-state index in [4.69, 9.17) is 5.73 Å². The van der Waals surface area contributed by atoms with Crippen molar-refractivity contribution < 1.29 is 23.9 Å². The van der Waals surface area contributed by atoms with Crippen molar-refractivity contribution >= 4 is 29.7 Å². The Balaban J connectivity index is 1.99. The molecule has 1 aliphatic carbocycles. The van der Waals surface area contributed by atoms with Gasteiger partial charge in [0, 0.05) is 26.4 Å². The Labute approximate surface area is 170 Å². The van der Waals surface area contributed by atoms with Crippen molar-refractivity contribution in [1.82, 2.24) is 15.6 Å². The Morgan fingerprint density at radius 1 is 1.17 bits per heavy atom. The molecule has 2 fully saturated rings. The molecule has 1 saturated heterocycles. The number of imide groups is 1. The van der Waals surface area contributed by atoms with Crippen molar-refractivity contribution in [2.75, 3.05) is 20.7 Å². The van der Waals surface area contributed by atoms with Gasteiger partial charge in [0.25, 0.3) is 0 Å². The van der Waals surface area contributed by atoms with Crippen LogP contribution in [0.15, 0.2) is 5.10 Å². The summed E-state index contributed by atoms with van der Waals surface area (Å²) < 4.78 is 4.66. The van der Waals surface area contributed by atoms with Gasteiger partial charge in [0.1, 0.15) is 0 Å². The maximum Gasteiger partial charge on any atom is 0.303 e. The maximum absolute atomic E-state index is 13.0. The molecule has 29 heavy (non-hydrogen) atoms. The average Bonchev–Trinajstić information content (AvgIpc) is 2.97. The third-order valence-corrected chi connectivity index (χ3v) is 5.91. The van der Waals surface area contributed by atoms with Gasteiger partial charge in [-0.3, -0.25) is 24.1 Å². The summed E-state index contributed by atoms with van der Waals surface area (Å²) in [6.07, 6.45) is 3.02. The number of amidine groups is 1. The summed E-state index contributed by atoms with van der Waals surface area (Å²) >= 11 is 0. The highest BCUT2D eigenvalue weighted by atomic mass is 16.5. The number of likely N-dealkylation sites (tertiary alicyclic amines) is 1. The number of nitrogens with zero attached hydrogens (tertiary/aromatic N) is 2. The second-order valence-electron chi connectivity index (χ2n) is 7.70. The fourth-order valence-electron chi connectivity index (χ4n) is 4.31. The van der Waals surface area contributed by atoms with Crippen molar-refractivity contribution in [3.05, 3.63) is 0 Å². The van der Waals surface area contributed by atoms with E-state index in [1.807, 2.05) is 6.92 Å². The van der Waals surface area contributed by atoms with Crippen LogP contribution in [0.4, 0.5) is 0 Å². The zero-order valence-corrected chi connectivity index (χ0v) is 17.3. The molecular weight excluding hydrogens is 378 g/mol. The summed E-state index contributed by atoms with van der Waals surface area (Å²) in [5, 5.41) is 6.12. The van der Waals surface area contributed by atoms with Crippen LogP contribution in [0, 0.1) is 23.7 Å². The van der Waals surface area contributed by atoms with E-state index in [2.05, 4.69) is 20.6 Å². The highest BCUT2D eigenvalue weighted by Crippen LogP contribution is 2.46. The third-order valence-electron chi connectivity index (χ3n) is 5.91. The molecule has 0 aromatic carbocycles. The van der Waals surface area contributed by atoms with Crippen molar-refractivity contribution in [2.45, 2.75) is 45.4 Å². The van der Waals surface area contributed by atoms with E-state index in [1.165, 1.54) is 12.0 Å². The zero-order chi connectivity index (χ0) is 21.6. The van der Waals surface area contributed by atoms with Gasteiger partial charge >= 0.3 is 6.02 Å². The Hall–Kier alpha value is -2.65. The lowest BCUT2D eigenvalue weighted by Crippen LogP contribution is -2.36. The number of hydrogen-bond donors (Lipinski definition) is 3. The number of carbonyl (C=O) groups is 4. The van der Waals surface area contributed by atoms with E-state index in [-0.39, 0.29) is 66.8 Å². The number of rotatable bonds is 8. The molecule has 0 aromatic heterocycles. The van der Waals surface area contributed by atoms with Crippen LogP contribution in [0.2, 0.25) is 0 Å². The molecule has 4 unspecified atom stereocenters. The SMILES string of the molecule is CNC(=O)CCCN1C(=O)C2C(C)CCC(CCC(=O)NN=C(N)OC)C2C1=O. The average molecular weight is 409 g/mol. The first kappa shape index (κ1) is 22.6. The van der Waals surface area contributed by atoms with E-state index in [0.29, 0.717) is 12.8 Å². The quantitative estimate of drug-likeness (QED) is 0.222. The largest absolute Gasteiger partial charge is 0.468 e. The van der Waals surface area contributed by atoms with E-state index >= 15 is 0 Å². The predicted molar refractivity (Wildman–Crippen MR) is 105 cm³/mol. The van der Waals surface area contributed by atoms with Crippen LogP contribution >= 0.6 is 0 Å². The number of amides is 4. The fraction of sp³-hybridized carbons (Fsp3) is 0.737. The standard InChI is InChI=1S/C19H31N5O5/c1-11-6-7-12(8-9-14(26)22-23-19(20)29-3)16-15(11)17(27)24(18(16)28)10-4-5-13(25)21-2/h11-12,15-16H,4-10H2,1-3H3,(H2,20,23)(H,21,25)(H,22,26). The minimum Gasteiger partial charge on any atom is -0.468 e. The molecule has 10 heteroatoms. The van der Waals surface area contributed by atoms with Gasteiger partial charge in [-0.25, -0.2) is 5.43 Å². The molecule has 0 aromatic rings. The molecule has 1 saturated carbocycles. The first-order valence-electron chi connectivity index (χ1n) is 10.0. The van der Waals surface area contributed by atoms with Gasteiger partial charge in [-0.1, -0.05) is 6.92 Å². The van der Waals surface area contributed by atoms with Gasteiger partial charge in [0.05, 0.1) is 18.9 Å². The van der Waals surface area contributed by atoms with Crippen LogP contribution in [0.25, 0.3) is 0 Å². The second-order valence-corrected chi connectivity index (χ2v) is 7.70. The van der Waals surface area contributed by atoms with Gasteiger partial charge in [-0.2, -0.15) is 0 Å². The lowest BCUT2D eigenvalue weighted by Gasteiger charge is -2.34. The molecule has 1 aliphatic heterocycles. The number of methoxy groups -OCH3 is 1. The maximum atomic E-state index is 13.0. The highest BCUT2D eigenvalue weighted by molar-refractivity contribution is 6.05. The molecule has 2 aliphatic rings. The minimum atomic E-state index is -0.397. The predicted octanol–water partition coefficient (Wildman–Crippen LogP) is -0.0676. The molecule has 162 valence electrons. The van der Waals surface area contributed by atoms with E-state index in [9.17, 15) is 19.2 Å². The van der Waals surface area contributed by atoms with Gasteiger partial charge in [-0.15, -0.1) is 5.10 Å². The summed E-state index contributed by atoms with van der Waals surface area (Å²) in [5.74, 6) is -1.40. The molecule has 0 radical (unpaired) electrons. The van der Waals surface area contributed by atoms with Crippen LogP contribution in [0.1, 0.15) is 45.4 Å². The van der Waals surface area contributed by atoms with Crippen molar-refractivity contribution in [3.8, 4) is 0 Å². The Bertz CT molecular complexity index is 680. The number of nitrogens with one attached hydrogen (secondary N) is 2. The number of hydrazone groups is 1. The van der Waals surface area contributed by atoms with Crippen LogP contribution in [-0.2, 0) is 23.9 Å². The van der Waals surface area contributed by atoms with Gasteiger partial charge in [0.2, 0.25) is 23.6 Å². The Morgan fingerprint density at radius 2 is 1.86 bits per heavy atom. The number of hydrogen-bond acceptors (Lipinski definition) is 6. The molecule has 4 N–H and O–H groups in total. The number of ether oxygens (including phenoxy) is 1. The summed E-state index contributed by atoms with van der Waals surface area (Å²) in [6.45, 7) is 2.26. The van der Waals surface area contributed by atoms with Crippen LogP contribution in [-0.4, -0.2) is 55.3 Å². The molecule has 2 rings (SSSR count). The monoisotopic (exact) mass is 409 g/mol. The second kappa shape index (κ2) is 10.2. The minimum absolute atomic E-state index is 0.0360. The number of nitrogens with two attached hydrogens (primary N) is 1. The summed E-state index contributed by atoms with van der Waals surface area (Å²) in [5.41, 5.74) is 7.68. The van der Waals surface area contributed by atoms with Crippen LogP contribution < -0.4 is 16.5 Å². The van der Waals surface area contributed by atoms with E-state index in [1.54, 1.807) is 7.05 Å². The number of fused-ring (bicyclic) bond motifs is 1. The van der Waals surface area contributed by atoms with Gasteiger partial charge in [0.15, 0.2) is 0 Å². The van der Waals surface area contributed by atoms with Crippen LogP contribution in [0.5, 0.6) is 0 Å². The molecule has 1 heterocycles. The van der Waals surface area contributed by atoms with Gasteiger partial charge in [-0.05, 0) is 37.5 Å². The molecule has 0 bridgehead atoms. The Morgan fingerprint density at radius 3 is 2.52 bits per heavy atom. The zero-order valence-electron chi connectivity index (χ0n) is 17.3. The molecule has 0 spiro atoms.